The molecule has 0 saturated carbocycles. The quantitative estimate of drug-likeness (QED) is 0.882. The minimum absolute atomic E-state index is 0.0210. The van der Waals surface area contributed by atoms with Gasteiger partial charge in [0.25, 0.3) is 0 Å². The van der Waals surface area contributed by atoms with Gasteiger partial charge in [0.1, 0.15) is 5.01 Å². The highest BCUT2D eigenvalue weighted by Crippen LogP contribution is 2.24. The molecule has 0 aliphatic rings. The predicted octanol–water partition coefficient (Wildman–Crippen LogP) is 2.43. The molecule has 1 aromatic rings. The van der Waals surface area contributed by atoms with E-state index in [2.05, 4.69) is 25.8 Å². The Morgan fingerprint density at radius 3 is 2.69 bits per heavy atom. The summed E-state index contributed by atoms with van der Waals surface area (Å²) in [5, 5.41) is 11.5. The first-order chi connectivity index (χ1) is 7.30. The molecule has 0 saturated heterocycles. The van der Waals surface area contributed by atoms with E-state index in [9.17, 15) is 4.79 Å². The molecule has 0 amide bonds. The third-order valence-electron chi connectivity index (χ3n) is 2.12. The molecule has 1 aromatic heterocycles. The summed E-state index contributed by atoms with van der Waals surface area (Å²) in [7, 11) is 0. The Morgan fingerprint density at radius 1 is 1.62 bits per heavy atom. The van der Waals surface area contributed by atoms with Gasteiger partial charge in [0, 0.05) is 10.8 Å². The lowest BCUT2D eigenvalue weighted by Gasteiger charge is -2.14. The summed E-state index contributed by atoms with van der Waals surface area (Å²) in [6, 6.07) is 0. The van der Waals surface area contributed by atoms with Crippen molar-refractivity contribution in [1.29, 1.82) is 0 Å². The van der Waals surface area contributed by atoms with Crippen molar-refractivity contribution in [3.05, 3.63) is 16.1 Å². The van der Waals surface area contributed by atoms with Crippen molar-refractivity contribution in [2.75, 3.05) is 0 Å². The molecule has 16 heavy (non-hydrogen) atoms. The highest BCUT2D eigenvalue weighted by Gasteiger charge is 2.18. The van der Waals surface area contributed by atoms with Crippen LogP contribution in [0.1, 0.15) is 38.4 Å². The summed E-state index contributed by atoms with van der Waals surface area (Å²) in [5.41, 5.74) is 1.03. The lowest BCUT2D eigenvalue weighted by Crippen LogP contribution is -2.19. The van der Waals surface area contributed by atoms with Crippen LogP contribution in [0.3, 0.4) is 0 Å². The van der Waals surface area contributed by atoms with E-state index < -0.39 is 12.1 Å². The summed E-state index contributed by atoms with van der Waals surface area (Å²) in [6.07, 6.45) is -0.790. The lowest BCUT2D eigenvalue weighted by molar-refractivity contribution is -0.149. The minimum Gasteiger partial charge on any atom is -0.479 e. The van der Waals surface area contributed by atoms with Crippen LogP contribution in [0.2, 0.25) is 0 Å². The van der Waals surface area contributed by atoms with Gasteiger partial charge in [-0.3, -0.25) is 0 Å². The van der Waals surface area contributed by atoms with Crippen molar-refractivity contribution in [2.24, 2.45) is 0 Å². The average molecular weight is 243 g/mol. The summed E-state index contributed by atoms with van der Waals surface area (Å²) in [6.45, 7) is 8.04. The Hall–Kier alpha value is -0.940. The zero-order chi connectivity index (χ0) is 12.3. The highest BCUT2D eigenvalue weighted by molar-refractivity contribution is 7.09. The van der Waals surface area contributed by atoms with Crippen molar-refractivity contribution in [3.63, 3.8) is 0 Å². The van der Waals surface area contributed by atoms with Crippen LogP contribution in [0, 0.1) is 0 Å². The smallest absolute Gasteiger partial charge is 0.332 e. The maximum absolute atomic E-state index is 10.5. The van der Waals surface area contributed by atoms with Crippen LogP contribution in [0.4, 0.5) is 0 Å². The molecule has 1 N–H and O–H groups in total. The first-order valence-corrected chi connectivity index (χ1v) is 5.98. The number of aliphatic carboxylic acids is 1. The molecule has 0 aromatic carbocycles. The SMILES string of the molecule is CC(OCc1nc(C(C)(C)C)cs1)C(=O)O. The number of nitrogens with zero attached hydrogens (tertiary/aromatic N) is 1. The molecule has 0 fully saturated rings. The van der Waals surface area contributed by atoms with Crippen molar-refractivity contribution in [3.8, 4) is 0 Å². The molecule has 4 nitrogen and oxygen atoms in total. The molecule has 1 unspecified atom stereocenters. The normalized spacial score (nSPS) is 13.8. The molecule has 1 heterocycles. The van der Waals surface area contributed by atoms with E-state index in [0.29, 0.717) is 0 Å². The highest BCUT2D eigenvalue weighted by atomic mass is 32.1. The van der Waals surface area contributed by atoms with Gasteiger partial charge in [0.2, 0.25) is 0 Å². The molecule has 5 heteroatoms. The van der Waals surface area contributed by atoms with Crippen LogP contribution < -0.4 is 0 Å². The lowest BCUT2D eigenvalue weighted by atomic mass is 9.93. The number of carboxylic acid groups (broad SMARTS) is 1. The van der Waals surface area contributed by atoms with Gasteiger partial charge in [-0.05, 0) is 6.92 Å². The fraction of sp³-hybridized carbons (Fsp3) is 0.636. The number of carboxylic acids is 1. The van der Waals surface area contributed by atoms with E-state index in [0.717, 1.165) is 10.7 Å². The standard InChI is InChI=1S/C11H17NO3S/c1-7(10(13)14)15-5-9-12-8(6-16-9)11(2,3)4/h6-7H,5H2,1-4H3,(H,13,14). The molecule has 0 radical (unpaired) electrons. The number of carbonyl (C=O) groups is 1. The van der Waals surface area contributed by atoms with Crippen molar-refractivity contribution >= 4 is 17.3 Å². The summed E-state index contributed by atoms with van der Waals surface area (Å²) in [5.74, 6) is -0.951. The number of aromatic nitrogens is 1. The second kappa shape index (κ2) is 4.93. The summed E-state index contributed by atoms with van der Waals surface area (Å²) in [4.78, 5) is 15.0. The van der Waals surface area contributed by atoms with Crippen LogP contribution in [-0.2, 0) is 21.6 Å². The molecular formula is C11H17NO3S. The van der Waals surface area contributed by atoms with E-state index in [1.807, 2.05) is 5.38 Å². The van der Waals surface area contributed by atoms with Gasteiger partial charge >= 0.3 is 5.97 Å². The van der Waals surface area contributed by atoms with Crippen LogP contribution in [0.15, 0.2) is 5.38 Å². The van der Waals surface area contributed by atoms with Gasteiger partial charge < -0.3 is 9.84 Å². The first kappa shape index (κ1) is 13.1. The maximum atomic E-state index is 10.5. The topological polar surface area (TPSA) is 59.4 Å². The monoisotopic (exact) mass is 243 g/mol. The van der Waals surface area contributed by atoms with Gasteiger partial charge in [-0.2, -0.15) is 0 Å². The van der Waals surface area contributed by atoms with Gasteiger partial charge in [-0.15, -0.1) is 11.3 Å². The Balaban J connectivity index is 2.57. The van der Waals surface area contributed by atoms with E-state index >= 15 is 0 Å². The van der Waals surface area contributed by atoms with E-state index in [-0.39, 0.29) is 12.0 Å². The molecular weight excluding hydrogens is 226 g/mol. The van der Waals surface area contributed by atoms with Gasteiger partial charge in [-0.1, -0.05) is 20.8 Å². The summed E-state index contributed by atoms with van der Waals surface area (Å²) >= 11 is 1.50. The van der Waals surface area contributed by atoms with Crippen LogP contribution in [-0.4, -0.2) is 22.2 Å². The molecule has 1 rings (SSSR count). The molecule has 0 spiro atoms. The number of rotatable bonds is 4. The number of hydrogen-bond acceptors (Lipinski definition) is 4. The summed E-state index contributed by atoms with van der Waals surface area (Å²) < 4.78 is 5.16. The van der Waals surface area contributed by atoms with Gasteiger partial charge in [-0.25, -0.2) is 9.78 Å². The third kappa shape index (κ3) is 3.57. The van der Waals surface area contributed by atoms with E-state index in [1.54, 1.807) is 0 Å². The second-order valence-electron chi connectivity index (χ2n) is 4.67. The molecule has 0 bridgehead atoms. The number of ether oxygens (including phenoxy) is 1. The zero-order valence-corrected chi connectivity index (χ0v) is 10.8. The van der Waals surface area contributed by atoms with Crippen molar-refractivity contribution in [2.45, 2.75) is 45.8 Å². The Bertz CT molecular complexity index is 368. The van der Waals surface area contributed by atoms with Crippen LogP contribution in [0.25, 0.3) is 0 Å². The predicted molar refractivity (Wildman–Crippen MR) is 62.7 cm³/mol. The fourth-order valence-corrected chi connectivity index (χ4v) is 1.93. The van der Waals surface area contributed by atoms with Gasteiger partial charge in [0.05, 0.1) is 12.3 Å². The van der Waals surface area contributed by atoms with Crippen molar-refractivity contribution < 1.29 is 14.6 Å². The third-order valence-corrected chi connectivity index (χ3v) is 2.95. The van der Waals surface area contributed by atoms with Crippen LogP contribution >= 0.6 is 11.3 Å². The second-order valence-corrected chi connectivity index (χ2v) is 5.61. The van der Waals surface area contributed by atoms with Crippen LogP contribution in [0.5, 0.6) is 0 Å². The fourth-order valence-electron chi connectivity index (χ4n) is 0.989. The molecule has 0 aliphatic heterocycles. The first-order valence-electron chi connectivity index (χ1n) is 5.10. The Morgan fingerprint density at radius 2 is 2.25 bits per heavy atom. The average Bonchev–Trinajstić information content (AvgIpc) is 2.61. The Kier molecular flexibility index (Phi) is 4.04. The minimum atomic E-state index is -0.951. The van der Waals surface area contributed by atoms with E-state index in [1.165, 1.54) is 18.3 Å². The largest absolute Gasteiger partial charge is 0.479 e. The van der Waals surface area contributed by atoms with Crippen molar-refractivity contribution in [1.82, 2.24) is 4.98 Å². The zero-order valence-electron chi connectivity index (χ0n) is 9.98. The number of hydrogen-bond donors (Lipinski definition) is 1. The maximum Gasteiger partial charge on any atom is 0.332 e. The molecule has 1 atom stereocenters. The van der Waals surface area contributed by atoms with E-state index in [4.69, 9.17) is 9.84 Å². The molecule has 0 aliphatic carbocycles. The number of thiazole rings is 1. The Labute approximate surface area is 99.3 Å². The molecule has 90 valence electrons. The van der Waals surface area contributed by atoms with Gasteiger partial charge in [0.15, 0.2) is 6.10 Å².